The second-order valence-electron chi connectivity index (χ2n) is 3.07. The van der Waals surface area contributed by atoms with Gasteiger partial charge in [0, 0.05) is 4.75 Å². The van der Waals surface area contributed by atoms with Gasteiger partial charge in [0.15, 0.2) is 0 Å². The molecule has 62 valence electrons. The number of thiocyanates is 1. The largest absolute Gasteiger partial charge is 0.185 e. The summed E-state index contributed by atoms with van der Waals surface area (Å²) in [6.45, 7) is 4.10. The lowest BCUT2D eigenvalue weighted by Crippen LogP contribution is -2.10. The van der Waals surface area contributed by atoms with E-state index in [0.29, 0.717) is 0 Å². The SMILES string of the molecule is CC(C)(SC#N)c1ccccc1. The third-order valence-corrected chi connectivity index (χ3v) is 2.61. The number of nitrogens with zero attached hydrogens (tertiary/aromatic N) is 1. The minimum Gasteiger partial charge on any atom is -0.185 e. The first-order valence-corrected chi connectivity index (χ1v) is 4.61. The van der Waals surface area contributed by atoms with Crippen LogP contribution in [0.1, 0.15) is 19.4 Å². The summed E-state index contributed by atoms with van der Waals surface area (Å²) in [6.07, 6.45) is 0. The highest BCUT2D eigenvalue weighted by Gasteiger charge is 2.20. The molecule has 0 atom stereocenters. The quantitative estimate of drug-likeness (QED) is 0.648. The summed E-state index contributed by atoms with van der Waals surface area (Å²) in [5.41, 5.74) is 1.19. The van der Waals surface area contributed by atoms with Crippen LogP contribution in [-0.2, 0) is 4.75 Å². The van der Waals surface area contributed by atoms with E-state index in [-0.39, 0.29) is 4.75 Å². The molecule has 0 bridgehead atoms. The minimum atomic E-state index is -0.101. The van der Waals surface area contributed by atoms with Crippen molar-refractivity contribution in [3.8, 4) is 5.40 Å². The van der Waals surface area contributed by atoms with Crippen molar-refractivity contribution in [3.05, 3.63) is 35.9 Å². The lowest BCUT2D eigenvalue weighted by molar-refractivity contribution is 0.787. The Labute approximate surface area is 77.4 Å². The fourth-order valence-corrected chi connectivity index (χ4v) is 1.49. The van der Waals surface area contributed by atoms with Crippen LogP contribution in [0.3, 0.4) is 0 Å². The van der Waals surface area contributed by atoms with Gasteiger partial charge < -0.3 is 0 Å². The second kappa shape index (κ2) is 3.64. The van der Waals surface area contributed by atoms with Crippen molar-refractivity contribution in [3.63, 3.8) is 0 Å². The van der Waals surface area contributed by atoms with E-state index < -0.39 is 0 Å². The maximum Gasteiger partial charge on any atom is 0.134 e. The molecule has 0 amide bonds. The fraction of sp³-hybridized carbons (Fsp3) is 0.300. The highest BCUT2D eigenvalue weighted by atomic mass is 32.2. The second-order valence-corrected chi connectivity index (χ2v) is 4.48. The van der Waals surface area contributed by atoms with Crippen LogP contribution in [0, 0.1) is 10.7 Å². The van der Waals surface area contributed by atoms with Gasteiger partial charge >= 0.3 is 0 Å². The Hall–Kier alpha value is -0.940. The van der Waals surface area contributed by atoms with Gasteiger partial charge in [-0.25, -0.2) is 0 Å². The minimum absolute atomic E-state index is 0.101. The molecule has 0 N–H and O–H groups in total. The molecule has 2 heteroatoms. The van der Waals surface area contributed by atoms with Gasteiger partial charge in [-0.15, -0.1) is 0 Å². The number of rotatable bonds is 2. The Balaban J connectivity index is 2.91. The predicted octanol–water partition coefficient (Wildman–Crippen LogP) is 3.14. The van der Waals surface area contributed by atoms with Crippen LogP contribution < -0.4 is 0 Å². The first-order valence-electron chi connectivity index (χ1n) is 3.79. The summed E-state index contributed by atoms with van der Waals surface area (Å²) in [4.78, 5) is 0. The van der Waals surface area contributed by atoms with E-state index in [4.69, 9.17) is 5.26 Å². The zero-order valence-electron chi connectivity index (χ0n) is 7.24. The lowest BCUT2D eigenvalue weighted by atomic mass is 10.0. The van der Waals surface area contributed by atoms with Crippen molar-refractivity contribution in [1.82, 2.24) is 0 Å². The molecule has 1 aromatic rings. The molecular formula is C10H11NS. The summed E-state index contributed by atoms with van der Waals surface area (Å²) in [5, 5.41) is 10.7. The molecule has 0 saturated carbocycles. The Bertz CT molecular complexity index is 284. The van der Waals surface area contributed by atoms with Gasteiger partial charge in [0.25, 0.3) is 0 Å². The van der Waals surface area contributed by atoms with Crippen LogP contribution in [0.4, 0.5) is 0 Å². The predicted molar refractivity (Wildman–Crippen MR) is 52.7 cm³/mol. The lowest BCUT2D eigenvalue weighted by Gasteiger charge is -2.19. The molecule has 0 saturated heterocycles. The Morgan fingerprint density at radius 2 is 1.83 bits per heavy atom. The van der Waals surface area contributed by atoms with Gasteiger partial charge in [-0.05, 0) is 31.2 Å². The Kier molecular flexibility index (Phi) is 2.78. The average Bonchev–Trinajstić information content (AvgIpc) is 2.06. The standard InChI is InChI=1S/C10H11NS/c1-10(2,12-8-11)9-6-4-3-5-7-9/h3-7H,1-2H3. The molecule has 0 aromatic heterocycles. The van der Waals surface area contributed by atoms with Crippen LogP contribution in [0.25, 0.3) is 0 Å². The molecule has 0 unspecified atom stereocenters. The first-order chi connectivity index (χ1) is 5.67. The van der Waals surface area contributed by atoms with Crippen molar-refractivity contribution < 1.29 is 0 Å². The van der Waals surface area contributed by atoms with Crippen LogP contribution in [0.5, 0.6) is 0 Å². The van der Waals surface area contributed by atoms with Crippen LogP contribution in [0.2, 0.25) is 0 Å². The van der Waals surface area contributed by atoms with E-state index in [1.54, 1.807) is 0 Å². The zero-order chi connectivity index (χ0) is 9.03. The van der Waals surface area contributed by atoms with Crippen LogP contribution in [0.15, 0.2) is 30.3 Å². The van der Waals surface area contributed by atoms with E-state index in [0.717, 1.165) is 0 Å². The van der Waals surface area contributed by atoms with Gasteiger partial charge in [0.2, 0.25) is 0 Å². The van der Waals surface area contributed by atoms with Crippen molar-refractivity contribution in [1.29, 1.82) is 5.26 Å². The monoisotopic (exact) mass is 177 g/mol. The number of benzene rings is 1. The Morgan fingerprint density at radius 3 is 2.33 bits per heavy atom. The van der Waals surface area contributed by atoms with Gasteiger partial charge in [-0.1, -0.05) is 30.3 Å². The third kappa shape index (κ3) is 2.02. The van der Waals surface area contributed by atoms with E-state index in [1.807, 2.05) is 30.3 Å². The summed E-state index contributed by atoms with van der Waals surface area (Å²) >= 11 is 1.29. The normalized spacial score (nSPS) is 10.8. The highest BCUT2D eigenvalue weighted by Crippen LogP contribution is 2.34. The molecule has 0 aliphatic heterocycles. The molecule has 0 radical (unpaired) electrons. The first kappa shape index (κ1) is 9.15. The van der Waals surface area contributed by atoms with E-state index in [9.17, 15) is 0 Å². The molecular weight excluding hydrogens is 166 g/mol. The molecule has 0 spiro atoms. The van der Waals surface area contributed by atoms with E-state index in [1.165, 1.54) is 17.3 Å². The molecule has 12 heavy (non-hydrogen) atoms. The number of nitriles is 1. The van der Waals surface area contributed by atoms with Crippen LogP contribution in [-0.4, -0.2) is 0 Å². The smallest absolute Gasteiger partial charge is 0.134 e. The van der Waals surface area contributed by atoms with Gasteiger partial charge in [0.05, 0.1) is 0 Å². The fourth-order valence-electron chi connectivity index (χ4n) is 1.01. The summed E-state index contributed by atoms with van der Waals surface area (Å²) in [7, 11) is 0. The van der Waals surface area contributed by atoms with E-state index >= 15 is 0 Å². The highest BCUT2D eigenvalue weighted by molar-refractivity contribution is 8.04. The van der Waals surface area contributed by atoms with Crippen molar-refractivity contribution in [2.45, 2.75) is 18.6 Å². The van der Waals surface area contributed by atoms with E-state index in [2.05, 4.69) is 19.2 Å². The topological polar surface area (TPSA) is 23.8 Å². The summed E-state index contributed by atoms with van der Waals surface area (Å²) < 4.78 is -0.101. The van der Waals surface area contributed by atoms with Crippen LogP contribution >= 0.6 is 11.8 Å². The molecule has 0 heterocycles. The maximum atomic E-state index is 8.58. The van der Waals surface area contributed by atoms with Gasteiger partial charge in [-0.3, -0.25) is 0 Å². The van der Waals surface area contributed by atoms with Crippen molar-refractivity contribution in [2.75, 3.05) is 0 Å². The summed E-state index contributed by atoms with van der Waals surface area (Å²) in [5.74, 6) is 0. The molecule has 0 aliphatic carbocycles. The average molecular weight is 177 g/mol. The molecule has 1 rings (SSSR count). The van der Waals surface area contributed by atoms with Crippen molar-refractivity contribution in [2.24, 2.45) is 0 Å². The molecule has 0 aliphatic rings. The zero-order valence-corrected chi connectivity index (χ0v) is 8.06. The third-order valence-electron chi connectivity index (χ3n) is 1.77. The molecule has 1 aromatic carbocycles. The maximum absolute atomic E-state index is 8.58. The number of hydrogen-bond acceptors (Lipinski definition) is 2. The van der Waals surface area contributed by atoms with Gasteiger partial charge in [0.1, 0.15) is 5.40 Å². The van der Waals surface area contributed by atoms with Crippen molar-refractivity contribution >= 4 is 11.8 Å². The van der Waals surface area contributed by atoms with Gasteiger partial charge in [-0.2, -0.15) is 5.26 Å². The number of hydrogen-bond donors (Lipinski definition) is 0. The number of thioether (sulfide) groups is 1. The molecule has 1 nitrogen and oxygen atoms in total. The molecule has 0 fully saturated rings. The Morgan fingerprint density at radius 1 is 1.25 bits per heavy atom. The summed E-state index contributed by atoms with van der Waals surface area (Å²) in [6, 6.07) is 10.1.